The van der Waals surface area contributed by atoms with Crippen molar-refractivity contribution in [2.45, 2.75) is 25.7 Å². The molecular formula is C21H26ClN3O3S. The van der Waals surface area contributed by atoms with Gasteiger partial charge in [0.05, 0.1) is 22.2 Å². The number of sulfonamides is 1. The van der Waals surface area contributed by atoms with Gasteiger partial charge in [0.2, 0.25) is 15.9 Å². The molecule has 1 fully saturated rings. The lowest BCUT2D eigenvalue weighted by atomic mass is 10.1. The molecule has 0 aromatic heterocycles. The van der Waals surface area contributed by atoms with Crippen LogP contribution in [-0.4, -0.2) is 56.3 Å². The van der Waals surface area contributed by atoms with Crippen molar-refractivity contribution in [1.82, 2.24) is 9.21 Å². The van der Waals surface area contributed by atoms with E-state index < -0.39 is 10.0 Å². The monoisotopic (exact) mass is 435 g/mol. The predicted molar refractivity (Wildman–Crippen MR) is 116 cm³/mol. The van der Waals surface area contributed by atoms with E-state index in [0.717, 1.165) is 16.7 Å². The smallest absolute Gasteiger partial charge is 0.243 e. The highest BCUT2D eigenvalue weighted by molar-refractivity contribution is 7.89. The second-order valence-corrected chi connectivity index (χ2v) is 9.83. The van der Waals surface area contributed by atoms with Crippen molar-refractivity contribution < 1.29 is 13.2 Å². The van der Waals surface area contributed by atoms with Crippen LogP contribution in [0.15, 0.2) is 41.3 Å². The maximum absolute atomic E-state index is 12.8. The number of amides is 1. The molecule has 1 aliphatic heterocycles. The molecule has 1 saturated heterocycles. The van der Waals surface area contributed by atoms with Crippen LogP contribution in [0.5, 0.6) is 0 Å². The van der Waals surface area contributed by atoms with Gasteiger partial charge in [0.15, 0.2) is 0 Å². The molecule has 0 spiro atoms. The van der Waals surface area contributed by atoms with Gasteiger partial charge in [-0.3, -0.25) is 9.69 Å². The SMILES string of the molecule is Cc1ccc(S(=O)(=O)N2CCN(CC(=O)Nc3c(C)cc(C)cc3Cl)CC2)cc1. The van der Waals surface area contributed by atoms with Gasteiger partial charge in [0.25, 0.3) is 0 Å². The van der Waals surface area contributed by atoms with Crippen LogP contribution in [0.4, 0.5) is 5.69 Å². The second-order valence-electron chi connectivity index (χ2n) is 7.48. The van der Waals surface area contributed by atoms with Crippen LogP contribution in [-0.2, 0) is 14.8 Å². The highest BCUT2D eigenvalue weighted by Gasteiger charge is 2.29. The Labute approximate surface area is 177 Å². The molecular weight excluding hydrogens is 410 g/mol. The molecule has 0 bridgehead atoms. The normalized spacial score (nSPS) is 16.0. The summed E-state index contributed by atoms with van der Waals surface area (Å²) in [6.45, 7) is 7.69. The summed E-state index contributed by atoms with van der Waals surface area (Å²) >= 11 is 6.26. The highest BCUT2D eigenvalue weighted by atomic mass is 35.5. The fraction of sp³-hybridized carbons (Fsp3) is 0.381. The number of piperazine rings is 1. The largest absolute Gasteiger partial charge is 0.323 e. The van der Waals surface area contributed by atoms with Crippen LogP contribution in [0.1, 0.15) is 16.7 Å². The first-order valence-electron chi connectivity index (χ1n) is 9.52. The van der Waals surface area contributed by atoms with Crippen molar-refractivity contribution in [3.05, 3.63) is 58.1 Å². The van der Waals surface area contributed by atoms with Gasteiger partial charge in [0, 0.05) is 26.2 Å². The van der Waals surface area contributed by atoms with Gasteiger partial charge in [0.1, 0.15) is 0 Å². The fourth-order valence-electron chi connectivity index (χ4n) is 3.44. The molecule has 3 rings (SSSR count). The standard InChI is InChI=1S/C21H26ClN3O3S/c1-15-4-6-18(7-5-15)29(27,28)25-10-8-24(9-11-25)14-20(26)23-21-17(3)12-16(2)13-19(21)22/h4-7,12-13H,8-11,14H2,1-3H3,(H,23,26). The average Bonchev–Trinajstić information content (AvgIpc) is 2.65. The van der Waals surface area contributed by atoms with E-state index in [1.54, 1.807) is 24.3 Å². The van der Waals surface area contributed by atoms with Gasteiger partial charge >= 0.3 is 0 Å². The molecule has 1 heterocycles. The lowest BCUT2D eigenvalue weighted by Crippen LogP contribution is -2.50. The molecule has 0 unspecified atom stereocenters. The minimum Gasteiger partial charge on any atom is -0.323 e. The quantitative estimate of drug-likeness (QED) is 0.782. The van der Waals surface area contributed by atoms with Gasteiger partial charge in [-0.15, -0.1) is 0 Å². The van der Waals surface area contributed by atoms with E-state index in [-0.39, 0.29) is 12.5 Å². The van der Waals surface area contributed by atoms with Crippen molar-refractivity contribution in [3.8, 4) is 0 Å². The minimum absolute atomic E-state index is 0.159. The molecule has 1 N–H and O–H groups in total. The third kappa shape index (κ3) is 5.17. The van der Waals surface area contributed by atoms with E-state index in [4.69, 9.17) is 11.6 Å². The summed E-state index contributed by atoms with van der Waals surface area (Å²) in [5.74, 6) is -0.159. The van der Waals surface area contributed by atoms with E-state index in [1.807, 2.05) is 37.8 Å². The van der Waals surface area contributed by atoms with Crippen LogP contribution in [0.25, 0.3) is 0 Å². The van der Waals surface area contributed by atoms with Crippen molar-refractivity contribution >= 4 is 33.2 Å². The van der Waals surface area contributed by atoms with Crippen LogP contribution in [0.2, 0.25) is 5.02 Å². The number of nitrogens with zero attached hydrogens (tertiary/aromatic N) is 2. The number of aryl methyl sites for hydroxylation is 3. The Hall–Kier alpha value is -1.93. The van der Waals surface area contributed by atoms with Crippen LogP contribution >= 0.6 is 11.6 Å². The summed E-state index contributed by atoms with van der Waals surface area (Å²) in [5, 5.41) is 3.40. The van der Waals surface area contributed by atoms with Gasteiger partial charge < -0.3 is 5.32 Å². The summed E-state index contributed by atoms with van der Waals surface area (Å²) in [6.07, 6.45) is 0. The molecule has 1 amide bonds. The third-order valence-corrected chi connectivity index (χ3v) is 7.26. The molecule has 0 saturated carbocycles. The first kappa shape index (κ1) is 21.8. The zero-order valence-electron chi connectivity index (χ0n) is 16.9. The topological polar surface area (TPSA) is 69.7 Å². The lowest BCUT2D eigenvalue weighted by Gasteiger charge is -2.33. The molecule has 29 heavy (non-hydrogen) atoms. The summed E-state index contributed by atoms with van der Waals surface area (Å²) in [7, 11) is -3.51. The number of rotatable bonds is 5. The van der Waals surface area contributed by atoms with Gasteiger partial charge in [-0.25, -0.2) is 8.42 Å². The summed E-state index contributed by atoms with van der Waals surface area (Å²) in [4.78, 5) is 14.7. The van der Waals surface area contributed by atoms with Crippen LogP contribution in [0.3, 0.4) is 0 Å². The van der Waals surface area contributed by atoms with Gasteiger partial charge in [-0.05, 0) is 50.1 Å². The zero-order valence-corrected chi connectivity index (χ0v) is 18.5. The van der Waals surface area contributed by atoms with Crippen LogP contribution < -0.4 is 5.32 Å². The van der Waals surface area contributed by atoms with Crippen molar-refractivity contribution in [3.63, 3.8) is 0 Å². The molecule has 0 atom stereocenters. The van der Waals surface area contributed by atoms with Gasteiger partial charge in [-0.1, -0.05) is 35.4 Å². The number of hydrogen-bond acceptors (Lipinski definition) is 4. The van der Waals surface area contributed by atoms with E-state index in [9.17, 15) is 13.2 Å². The first-order chi connectivity index (χ1) is 13.7. The molecule has 1 aliphatic rings. The summed E-state index contributed by atoms with van der Waals surface area (Å²) < 4.78 is 27.0. The average molecular weight is 436 g/mol. The second kappa shape index (κ2) is 8.83. The number of anilines is 1. The maximum Gasteiger partial charge on any atom is 0.243 e. The van der Waals surface area contributed by atoms with Gasteiger partial charge in [-0.2, -0.15) is 4.31 Å². The van der Waals surface area contributed by atoms with E-state index in [0.29, 0.717) is 41.8 Å². The van der Waals surface area contributed by atoms with Crippen molar-refractivity contribution in [2.75, 3.05) is 38.0 Å². The molecule has 6 nitrogen and oxygen atoms in total. The molecule has 0 aliphatic carbocycles. The Balaban J connectivity index is 1.57. The number of benzene rings is 2. The summed E-state index contributed by atoms with van der Waals surface area (Å²) in [6, 6.07) is 10.7. The zero-order chi connectivity index (χ0) is 21.2. The van der Waals surface area contributed by atoms with Crippen molar-refractivity contribution in [2.24, 2.45) is 0 Å². The number of carbonyl (C=O) groups excluding carboxylic acids is 1. The van der Waals surface area contributed by atoms with Crippen molar-refractivity contribution in [1.29, 1.82) is 0 Å². The summed E-state index contributed by atoms with van der Waals surface area (Å²) in [5.41, 5.74) is 3.60. The van der Waals surface area contributed by atoms with E-state index >= 15 is 0 Å². The Kier molecular flexibility index (Phi) is 6.63. The fourth-order valence-corrected chi connectivity index (χ4v) is 5.23. The molecule has 156 valence electrons. The van der Waals surface area contributed by atoms with Crippen LogP contribution in [0, 0.1) is 20.8 Å². The number of halogens is 1. The predicted octanol–water partition coefficient (Wildman–Crippen LogP) is 3.21. The number of carbonyl (C=O) groups is 1. The Morgan fingerprint density at radius 3 is 2.21 bits per heavy atom. The molecule has 2 aromatic carbocycles. The highest BCUT2D eigenvalue weighted by Crippen LogP contribution is 2.27. The molecule has 2 aromatic rings. The minimum atomic E-state index is -3.51. The van der Waals surface area contributed by atoms with E-state index in [1.165, 1.54) is 4.31 Å². The Morgan fingerprint density at radius 1 is 1.00 bits per heavy atom. The number of hydrogen-bond donors (Lipinski definition) is 1. The number of nitrogens with one attached hydrogen (secondary N) is 1. The Morgan fingerprint density at radius 2 is 1.62 bits per heavy atom. The third-order valence-electron chi connectivity index (χ3n) is 5.05. The molecule has 0 radical (unpaired) electrons. The first-order valence-corrected chi connectivity index (χ1v) is 11.3. The lowest BCUT2D eigenvalue weighted by molar-refractivity contribution is -0.117. The Bertz CT molecular complexity index is 975. The molecule has 8 heteroatoms. The van der Waals surface area contributed by atoms with E-state index in [2.05, 4.69) is 5.32 Å². The maximum atomic E-state index is 12.8.